The van der Waals surface area contributed by atoms with E-state index in [9.17, 15) is 0 Å². The molecule has 0 saturated carbocycles. The minimum absolute atomic E-state index is 0.0613. The van der Waals surface area contributed by atoms with E-state index in [1.165, 1.54) is 60.0 Å². The maximum atomic E-state index is 7.04. The molecule has 0 N–H and O–H groups in total. The first-order valence-corrected chi connectivity index (χ1v) is 22.7. The van der Waals surface area contributed by atoms with Gasteiger partial charge in [0.25, 0.3) is 6.71 Å². The van der Waals surface area contributed by atoms with E-state index in [0.29, 0.717) is 0 Å². The molecule has 0 atom stereocenters. The molecule has 0 fully saturated rings. The predicted molar refractivity (Wildman–Crippen MR) is 276 cm³/mol. The molecule has 2 aliphatic heterocycles. The van der Waals surface area contributed by atoms with Crippen molar-refractivity contribution in [1.82, 2.24) is 9.13 Å². The van der Waals surface area contributed by atoms with Gasteiger partial charge >= 0.3 is 0 Å². The highest BCUT2D eigenvalue weighted by Crippen LogP contribution is 2.52. The smallest absolute Gasteiger partial charge is 0.252 e. The van der Waals surface area contributed by atoms with Gasteiger partial charge in [0, 0.05) is 50.1 Å². The normalized spacial score (nSPS) is 13.1. The van der Waals surface area contributed by atoms with Crippen LogP contribution >= 0.6 is 0 Å². The second-order valence-corrected chi connectivity index (χ2v) is 17.6. The van der Waals surface area contributed by atoms with E-state index in [1.54, 1.807) is 0 Å². The number of fused-ring (bicyclic) bond motifs is 14. The zero-order valence-corrected chi connectivity index (χ0v) is 35.6. The summed E-state index contributed by atoms with van der Waals surface area (Å²) in [6.45, 7) is -0.0613. The van der Waals surface area contributed by atoms with Crippen molar-refractivity contribution < 1.29 is 4.42 Å². The Morgan fingerprint density at radius 2 is 0.682 bits per heavy atom. The molecular weight excluding hydrogens is 803 g/mol. The first-order chi connectivity index (χ1) is 32.8. The average molecular weight is 841 g/mol. The molecule has 306 valence electrons. The standard InChI is InChI=1S/C60H37BN4O/c1-8-26-45-38(19-1)39-20-2-9-27-46(39)62(45)51-32-14-15-33-52(51)64-49-30-12-6-24-43(49)61-44-25-7-13-31-50(44)65(60-58-42-23-5-18-36-56(42)66-57(58)37-55(64)59(60)61)54-35-17-16-34-53(54)63-47-28-10-3-21-40(47)41-22-4-11-29-48(41)63/h1-37H. The maximum Gasteiger partial charge on any atom is 0.252 e. The summed E-state index contributed by atoms with van der Waals surface area (Å²) in [5.41, 5.74) is 19.1. The van der Waals surface area contributed by atoms with Gasteiger partial charge in [-0.25, -0.2) is 0 Å². The van der Waals surface area contributed by atoms with Gasteiger partial charge in [-0.1, -0.05) is 152 Å². The lowest BCUT2D eigenvalue weighted by Crippen LogP contribution is -2.61. The summed E-state index contributed by atoms with van der Waals surface area (Å²) >= 11 is 0. The molecule has 5 heterocycles. The summed E-state index contributed by atoms with van der Waals surface area (Å²) in [6, 6.07) is 82.0. The molecule has 66 heavy (non-hydrogen) atoms. The van der Waals surface area contributed by atoms with Gasteiger partial charge in [0.1, 0.15) is 11.2 Å². The summed E-state index contributed by atoms with van der Waals surface area (Å²) < 4.78 is 11.9. The lowest BCUT2D eigenvalue weighted by molar-refractivity contribution is 0.669. The molecule has 2 aliphatic rings. The van der Waals surface area contributed by atoms with E-state index in [0.717, 1.165) is 67.4 Å². The summed E-state index contributed by atoms with van der Waals surface area (Å²) in [6.07, 6.45) is 0. The van der Waals surface area contributed by atoms with E-state index in [4.69, 9.17) is 4.42 Å². The van der Waals surface area contributed by atoms with Gasteiger partial charge < -0.3 is 23.4 Å². The maximum absolute atomic E-state index is 7.04. The van der Waals surface area contributed by atoms with Crippen LogP contribution in [0.25, 0.3) is 76.9 Å². The number of hydrogen-bond donors (Lipinski definition) is 0. The fourth-order valence-corrected chi connectivity index (χ4v) is 11.7. The van der Waals surface area contributed by atoms with Gasteiger partial charge in [-0.3, -0.25) is 0 Å². The highest BCUT2D eigenvalue weighted by molar-refractivity contribution is 7.00. The molecule has 0 radical (unpaired) electrons. The molecular formula is C60H37BN4O. The number of rotatable bonds is 4. The van der Waals surface area contributed by atoms with Crippen LogP contribution in [0.5, 0.6) is 0 Å². The number of furan rings is 1. The van der Waals surface area contributed by atoms with Crippen molar-refractivity contribution in [2.24, 2.45) is 0 Å². The largest absolute Gasteiger partial charge is 0.456 e. The first kappa shape index (κ1) is 35.7. The van der Waals surface area contributed by atoms with Gasteiger partial charge in [-0.2, -0.15) is 0 Å². The number of anilines is 6. The predicted octanol–water partition coefficient (Wildman–Crippen LogP) is 13.9. The Kier molecular flexibility index (Phi) is 7.24. The van der Waals surface area contributed by atoms with Crippen molar-refractivity contribution in [1.29, 1.82) is 0 Å². The van der Waals surface area contributed by atoms with Gasteiger partial charge in [0.15, 0.2) is 0 Å². The van der Waals surface area contributed by atoms with E-state index < -0.39 is 0 Å². The Hall–Kier alpha value is -8.74. The van der Waals surface area contributed by atoms with Crippen LogP contribution in [-0.4, -0.2) is 15.8 Å². The van der Waals surface area contributed by atoms with Crippen LogP contribution in [0.3, 0.4) is 0 Å². The van der Waals surface area contributed by atoms with Crippen LogP contribution in [-0.2, 0) is 0 Å². The molecule has 0 bridgehead atoms. The highest BCUT2D eigenvalue weighted by Gasteiger charge is 2.45. The van der Waals surface area contributed by atoms with Crippen LogP contribution in [0.2, 0.25) is 0 Å². The van der Waals surface area contributed by atoms with Crippen molar-refractivity contribution in [3.63, 3.8) is 0 Å². The molecule has 0 spiro atoms. The van der Waals surface area contributed by atoms with E-state index in [2.05, 4.69) is 243 Å². The van der Waals surface area contributed by atoms with Crippen LogP contribution in [0.1, 0.15) is 0 Å². The van der Waals surface area contributed by atoms with Crippen molar-refractivity contribution in [3.05, 3.63) is 224 Å². The van der Waals surface area contributed by atoms with Gasteiger partial charge in [-0.15, -0.1) is 0 Å². The second kappa shape index (κ2) is 13.4. The third-order valence-corrected chi connectivity index (χ3v) is 14.3. The number of nitrogens with zero attached hydrogens (tertiary/aromatic N) is 4. The van der Waals surface area contributed by atoms with Crippen LogP contribution < -0.4 is 26.2 Å². The molecule has 10 aromatic carbocycles. The Morgan fingerprint density at radius 1 is 0.303 bits per heavy atom. The van der Waals surface area contributed by atoms with Crippen LogP contribution in [0, 0.1) is 0 Å². The topological polar surface area (TPSA) is 29.5 Å². The quantitative estimate of drug-likeness (QED) is 0.165. The zero-order valence-electron chi connectivity index (χ0n) is 35.6. The Bertz CT molecular complexity index is 4060. The lowest BCUT2D eigenvalue weighted by Gasteiger charge is -2.44. The summed E-state index contributed by atoms with van der Waals surface area (Å²) in [4.78, 5) is 5.07. The van der Waals surface area contributed by atoms with Gasteiger partial charge in [0.2, 0.25) is 0 Å². The fourth-order valence-electron chi connectivity index (χ4n) is 11.7. The van der Waals surface area contributed by atoms with E-state index in [-0.39, 0.29) is 6.71 Å². The third kappa shape index (κ3) is 4.69. The van der Waals surface area contributed by atoms with Crippen LogP contribution in [0.4, 0.5) is 34.1 Å². The lowest BCUT2D eigenvalue weighted by atomic mass is 9.33. The van der Waals surface area contributed by atoms with E-state index in [1.807, 2.05) is 0 Å². The number of hydrogen-bond acceptors (Lipinski definition) is 3. The monoisotopic (exact) mass is 840 g/mol. The summed E-state index contributed by atoms with van der Waals surface area (Å²) in [5, 5.41) is 7.14. The Morgan fingerprint density at radius 3 is 1.20 bits per heavy atom. The van der Waals surface area contributed by atoms with Crippen LogP contribution in [0.15, 0.2) is 229 Å². The molecule has 15 rings (SSSR count). The fraction of sp³-hybridized carbons (Fsp3) is 0. The molecule has 0 aliphatic carbocycles. The average Bonchev–Trinajstić information content (AvgIpc) is 4.04. The minimum Gasteiger partial charge on any atom is -0.456 e. The second-order valence-electron chi connectivity index (χ2n) is 17.6. The zero-order chi connectivity index (χ0) is 43.0. The highest BCUT2D eigenvalue weighted by atomic mass is 16.3. The number of benzene rings is 10. The Labute approximate surface area is 380 Å². The van der Waals surface area contributed by atoms with Gasteiger partial charge in [-0.05, 0) is 83.1 Å². The molecule has 6 heteroatoms. The first-order valence-electron chi connectivity index (χ1n) is 22.7. The summed E-state index contributed by atoms with van der Waals surface area (Å²) in [7, 11) is 0. The third-order valence-electron chi connectivity index (χ3n) is 14.3. The SMILES string of the molecule is c1ccc2c(c1)B1c3ccccc3N(c3ccccc3-n3c4ccccc4c4ccccc43)c3c1c(cc1oc4ccccc4c31)N2c1ccccc1-n1c2ccccc2c2ccccc21. The van der Waals surface area contributed by atoms with Crippen molar-refractivity contribution >= 4 is 123 Å². The molecule has 3 aromatic heterocycles. The van der Waals surface area contributed by atoms with Gasteiger partial charge in [0.05, 0.1) is 55.9 Å². The van der Waals surface area contributed by atoms with Crippen molar-refractivity contribution in [3.8, 4) is 11.4 Å². The molecule has 0 amide bonds. The molecule has 0 saturated heterocycles. The Balaban J connectivity index is 1.09. The van der Waals surface area contributed by atoms with Crippen molar-refractivity contribution in [2.75, 3.05) is 9.80 Å². The van der Waals surface area contributed by atoms with E-state index >= 15 is 0 Å². The number of aromatic nitrogens is 2. The molecule has 13 aromatic rings. The van der Waals surface area contributed by atoms with Crippen molar-refractivity contribution in [2.45, 2.75) is 0 Å². The molecule has 0 unspecified atom stereocenters. The number of para-hydroxylation sites is 11. The summed E-state index contributed by atoms with van der Waals surface area (Å²) in [5.74, 6) is 0. The molecule has 5 nitrogen and oxygen atoms in total. The minimum atomic E-state index is -0.0613.